The molecule has 0 radical (unpaired) electrons. The van der Waals surface area contributed by atoms with Crippen LogP contribution in [0, 0.1) is 11.8 Å². The number of likely N-dealkylation sites (N-methyl/N-ethyl adjacent to an activating group) is 1. The highest BCUT2D eigenvalue weighted by Gasteiger charge is 2.40. The number of carbonyl (C=O) groups excluding carboxylic acids is 1. The Morgan fingerprint density at radius 1 is 0.837 bits per heavy atom. The van der Waals surface area contributed by atoms with E-state index in [1.807, 2.05) is 37.8 Å². The molecule has 238 valence electrons. The summed E-state index contributed by atoms with van der Waals surface area (Å²) in [7, 11) is 5.56. The SMILES string of the molecule is Br.CN1CCC[C@H]2Cc3c(ccc(O)c3O)C[C@@H]21.COc1ccc2c(c1OC)C[C@@H]1CCCN(C(=O)OC(C)(C)C)[C@H]1C2. The molecule has 2 aliphatic carbocycles. The number of piperidine rings is 2. The molecule has 0 bridgehead atoms. The molecule has 2 heterocycles. The van der Waals surface area contributed by atoms with Gasteiger partial charge < -0.3 is 34.2 Å². The Bertz CT molecular complexity index is 1290. The highest BCUT2D eigenvalue weighted by molar-refractivity contribution is 8.93. The van der Waals surface area contributed by atoms with Crippen LogP contribution in [0.15, 0.2) is 24.3 Å². The zero-order valence-corrected chi connectivity index (χ0v) is 28.2. The van der Waals surface area contributed by atoms with Crippen LogP contribution in [0.2, 0.25) is 0 Å². The number of fused-ring (bicyclic) bond motifs is 4. The average molecular weight is 662 g/mol. The fourth-order valence-electron chi connectivity index (χ4n) is 7.59. The van der Waals surface area contributed by atoms with E-state index in [4.69, 9.17) is 14.2 Å². The van der Waals surface area contributed by atoms with Gasteiger partial charge in [-0.2, -0.15) is 0 Å². The minimum absolute atomic E-state index is 0. The minimum atomic E-state index is -0.465. The van der Waals surface area contributed by atoms with Crippen LogP contribution >= 0.6 is 17.0 Å². The summed E-state index contributed by atoms with van der Waals surface area (Å²) in [6.07, 6.45) is 8.11. The number of likely N-dealkylation sites (tertiary alicyclic amines) is 2. The van der Waals surface area contributed by atoms with Crippen LogP contribution in [0.5, 0.6) is 23.0 Å². The molecule has 2 aromatic rings. The van der Waals surface area contributed by atoms with Gasteiger partial charge in [0.1, 0.15) is 5.60 Å². The number of hydrogen-bond acceptors (Lipinski definition) is 7. The number of nitrogens with zero attached hydrogens (tertiary/aromatic N) is 2. The summed E-state index contributed by atoms with van der Waals surface area (Å²) in [4.78, 5) is 17.1. The third-order valence-corrected chi connectivity index (χ3v) is 9.64. The predicted octanol–water partition coefficient (Wildman–Crippen LogP) is 6.30. The van der Waals surface area contributed by atoms with Gasteiger partial charge in [-0.1, -0.05) is 12.1 Å². The van der Waals surface area contributed by atoms with Gasteiger partial charge in [0.25, 0.3) is 0 Å². The Morgan fingerprint density at radius 3 is 2.12 bits per heavy atom. The monoisotopic (exact) mass is 660 g/mol. The Hall–Kier alpha value is -2.65. The van der Waals surface area contributed by atoms with Crippen LogP contribution in [0.4, 0.5) is 4.79 Å². The van der Waals surface area contributed by atoms with E-state index in [2.05, 4.69) is 18.0 Å². The number of phenolic OH excluding ortho intramolecular Hbond substituents is 2. The first-order valence-electron chi connectivity index (χ1n) is 15.5. The number of carbonyl (C=O) groups is 1. The minimum Gasteiger partial charge on any atom is -0.504 e. The number of amides is 1. The van der Waals surface area contributed by atoms with Gasteiger partial charge in [0.05, 0.1) is 14.2 Å². The third kappa shape index (κ3) is 7.03. The van der Waals surface area contributed by atoms with Crippen LogP contribution in [0.3, 0.4) is 0 Å². The van der Waals surface area contributed by atoms with Crippen molar-refractivity contribution in [1.82, 2.24) is 9.80 Å². The average Bonchev–Trinajstić information content (AvgIpc) is 2.96. The van der Waals surface area contributed by atoms with E-state index >= 15 is 0 Å². The lowest BCUT2D eigenvalue weighted by Crippen LogP contribution is -2.53. The van der Waals surface area contributed by atoms with Crippen LogP contribution < -0.4 is 9.47 Å². The van der Waals surface area contributed by atoms with Crippen molar-refractivity contribution in [2.24, 2.45) is 11.8 Å². The van der Waals surface area contributed by atoms with E-state index in [0.29, 0.717) is 17.9 Å². The molecule has 2 fully saturated rings. The summed E-state index contributed by atoms with van der Waals surface area (Å²) < 4.78 is 16.7. The van der Waals surface area contributed by atoms with E-state index in [9.17, 15) is 15.0 Å². The van der Waals surface area contributed by atoms with Crippen molar-refractivity contribution in [2.75, 3.05) is 34.4 Å². The van der Waals surface area contributed by atoms with Gasteiger partial charge in [-0.25, -0.2) is 4.79 Å². The van der Waals surface area contributed by atoms with E-state index < -0.39 is 5.60 Å². The van der Waals surface area contributed by atoms with Crippen molar-refractivity contribution in [3.8, 4) is 23.0 Å². The molecule has 43 heavy (non-hydrogen) atoms. The molecule has 4 atom stereocenters. The number of rotatable bonds is 2. The normalized spacial score (nSPS) is 24.5. The second-order valence-corrected chi connectivity index (χ2v) is 13.4. The molecule has 2 aromatic carbocycles. The van der Waals surface area contributed by atoms with Crippen molar-refractivity contribution in [3.63, 3.8) is 0 Å². The highest BCUT2D eigenvalue weighted by atomic mass is 79.9. The van der Waals surface area contributed by atoms with Crippen LogP contribution in [-0.4, -0.2) is 78.1 Å². The first kappa shape index (κ1) is 33.2. The van der Waals surface area contributed by atoms with Gasteiger partial charge in [-0.05, 0) is 121 Å². The highest BCUT2D eigenvalue weighted by Crippen LogP contribution is 2.43. The maximum absolute atomic E-state index is 12.7. The fraction of sp³-hybridized carbons (Fsp3) is 0.618. The molecule has 9 heteroatoms. The van der Waals surface area contributed by atoms with Crippen molar-refractivity contribution in [1.29, 1.82) is 0 Å². The number of hydrogen-bond donors (Lipinski definition) is 2. The van der Waals surface area contributed by atoms with Crippen molar-refractivity contribution in [3.05, 3.63) is 46.5 Å². The Labute approximate surface area is 267 Å². The third-order valence-electron chi connectivity index (χ3n) is 9.64. The van der Waals surface area contributed by atoms with Gasteiger partial charge in [0, 0.05) is 29.8 Å². The van der Waals surface area contributed by atoms with Gasteiger partial charge >= 0.3 is 6.09 Å². The lowest BCUT2D eigenvalue weighted by molar-refractivity contribution is -0.00145. The second-order valence-electron chi connectivity index (χ2n) is 13.4. The molecule has 2 saturated heterocycles. The smallest absolute Gasteiger partial charge is 0.410 e. The van der Waals surface area contributed by atoms with E-state index in [-0.39, 0.29) is 40.6 Å². The standard InChI is InChI=1S/C20H29NO4.C14H19NO2.BrH/c1-20(2,3)25-19(22)21-10-6-7-14-11-15-13(12-16(14)21)8-9-17(23-4)18(15)24-5;1-15-6-2-3-10-7-11-9(8-12(10)15)4-5-13(16)14(11)17;/h8-9,14,16H,6-7,10-12H2,1-5H3;4-5,10,12,16-17H,2-3,6-8H2,1H3;1H/t14-,16-;10-,12-;/m00./s1. The molecule has 0 saturated carbocycles. The van der Waals surface area contributed by atoms with E-state index in [1.54, 1.807) is 20.3 Å². The molecular formula is C34H49BrN2O6. The van der Waals surface area contributed by atoms with Gasteiger partial charge in [0.15, 0.2) is 23.0 Å². The molecular weight excluding hydrogens is 612 g/mol. The summed E-state index contributed by atoms with van der Waals surface area (Å²) >= 11 is 0. The Kier molecular flexibility index (Phi) is 10.5. The molecule has 0 spiro atoms. The molecule has 6 rings (SSSR count). The van der Waals surface area contributed by atoms with Crippen LogP contribution in [0.1, 0.15) is 68.7 Å². The molecule has 1 amide bonds. The molecule has 0 unspecified atom stereocenters. The Morgan fingerprint density at radius 2 is 1.44 bits per heavy atom. The summed E-state index contributed by atoms with van der Waals surface area (Å²) in [5.74, 6) is 2.82. The number of halogens is 1. The first-order valence-corrected chi connectivity index (χ1v) is 15.5. The topological polar surface area (TPSA) is 91.7 Å². The second kappa shape index (κ2) is 13.6. The predicted molar refractivity (Wildman–Crippen MR) is 173 cm³/mol. The summed E-state index contributed by atoms with van der Waals surface area (Å²) in [5.41, 5.74) is 4.19. The quantitative estimate of drug-likeness (QED) is 0.365. The number of benzene rings is 2. The van der Waals surface area contributed by atoms with E-state index in [1.165, 1.54) is 36.1 Å². The molecule has 8 nitrogen and oxygen atoms in total. The van der Waals surface area contributed by atoms with Gasteiger partial charge in [-0.15, -0.1) is 17.0 Å². The Balaban J connectivity index is 0.000000205. The maximum atomic E-state index is 12.7. The number of aromatic hydroxyl groups is 2. The van der Waals surface area contributed by atoms with Crippen LogP contribution in [-0.2, 0) is 30.4 Å². The van der Waals surface area contributed by atoms with Crippen molar-refractivity contribution >= 4 is 23.1 Å². The zero-order valence-electron chi connectivity index (χ0n) is 26.5. The van der Waals surface area contributed by atoms with Gasteiger partial charge in [0.2, 0.25) is 0 Å². The maximum Gasteiger partial charge on any atom is 0.410 e. The molecule has 2 N–H and O–H groups in total. The lowest BCUT2D eigenvalue weighted by atomic mass is 9.75. The molecule has 2 aliphatic heterocycles. The van der Waals surface area contributed by atoms with Crippen molar-refractivity contribution in [2.45, 2.75) is 89.8 Å². The number of ether oxygens (including phenoxy) is 3. The van der Waals surface area contributed by atoms with Crippen molar-refractivity contribution < 1.29 is 29.2 Å². The fourth-order valence-corrected chi connectivity index (χ4v) is 7.59. The summed E-state index contributed by atoms with van der Waals surface area (Å²) in [6.45, 7) is 7.71. The number of methoxy groups -OCH3 is 2. The number of phenols is 2. The van der Waals surface area contributed by atoms with Gasteiger partial charge in [-0.3, -0.25) is 0 Å². The summed E-state index contributed by atoms with van der Waals surface area (Å²) in [5, 5.41) is 19.5. The summed E-state index contributed by atoms with van der Waals surface area (Å²) in [6, 6.07) is 8.45. The van der Waals surface area contributed by atoms with E-state index in [0.717, 1.165) is 62.1 Å². The molecule has 0 aromatic heterocycles. The largest absolute Gasteiger partial charge is 0.504 e. The zero-order chi connectivity index (χ0) is 30.2. The first-order chi connectivity index (χ1) is 20.0. The molecule has 4 aliphatic rings. The van der Waals surface area contributed by atoms with Crippen LogP contribution in [0.25, 0.3) is 0 Å². The lowest BCUT2D eigenvalue weighted by Gasteiger charge is -2.44.